The lowest BCUT2D eigenvalue weighted by Gasteiger charge is -2.37. The summed E-state index contributed by atoms with van der Waals surface area (Å²) in [5, 5.41) is -0.131. The molecular formula is C17H18N3OS. The Balaban J connectivity index is 1.59. The summed E-state index contributed by atoms with van der Waals surface area (Å²) in [6.45, 7) is 3.52. The van der Waals surface area contributed by atoms with Crippen molar-refractivity contribution in [2.45, 2.75) is 10.3 Å². The van der Waals surface area contributed by atoms with Crippen LogP contribution in [0.2, 0.25) is 0 Å². The number of piperazine rings is 1. The Labute approximate surface area is 135 Å². The van der Waals surface area contributed by atoms with Crippen molar-refractivity contribution >= 4 is 23.9 Å². The number of aldehydes is 1. The summed E-state index contributed by atoms with van der Waals surface area (Å²) in [5.74, 6) is 1.01. The number of thioether (sulfide) groups is 1. The van der Waals surface area contributed by atoms with Crippen LogP contribution in [-0.2, 0) is 4.79 Å². The van der Waals surface area contributed by atoms with Gasteiger partial charge >= 0.3 is 0 Å². The smallest absolute Gasteiger partial charge is 0.147 e. The summed E-state index contributed by atoms with van der Waals surface area (Å²) in [6.07, 6.45) is 2.86. The third-order valence-corrected chi connectivity index (χ3v) is 4.90. The minimum Gasteiger partial charge on any atom is -0.354 e. The van der Waals surface area contributed by atoms with Crippen LogP contribution >= 0.6 is 11.8 Å². The SMILES string of the molecule is O=CC(Sc1cc[c]cc1)N1CCN(c2ccccn2)CC1. The molecule has 2 aromatic rings. The number of hydrogen-bond acceptors (Lipinski definition) is 5. The highest BCUT2D eigenvalue weighted by atomic mass is 32.2. The van der Waals surface area contributed by atoms with Crippen LogP contribution in [0.3, 0.4) is 0 Å². The molecule has 22 heavy (non-hydrogen) atoms. The minimum absolute atomic E-state index is 0.131. The van der Waals surface area contributed by atoms with E-state index >= 15 is 0 Å². The molecule has 2 heterocycles. The molecule has 1 saturated heterocycles. The molecule has 1 aromatic carbocycles. The van der Waals surface area contributed by atoms with Crippen LogP contribution < -0.4 is 4.90 Å². The number of carbonyl (C=O) groups is 1. The van der Waals surface area contributed by atoms with E-state index in [9.17, 15) is 4.79 Å². The van der Waals surface area contributed by atoms with Crippen molar-refractivity contribution in [3.63, 3.8) is 0 Å². The van der Waals surface area contributed by atoms with Gasteiger partial charge in [-0.15, -0.1) is 0 Å². The second-order valence-corrected chi connectivity index (χ2v) is 6.28. The van der Waals surface area contributed by atoms with Gasteiger partial charge in [-0.25, -0.2) is 4.98 Å². The largest absolute Gasteiger partial charge is 0.354 e. The molecule has 1 radical (unpaired) electrons. The van der Waals surface area contributed by atoms with Gasteiger partial charge in [0.1, 0.15) is 17.5 Å². The number of pyridine rings is 1. The molecule has 1 aliphatic rings. The summed E-state index contributed by atoms with van der Waals surface area (Å²) in [4.78, 5) is 21.4. The van der Waals surface area contributed by atoms with Gasteiger partial charge in [0.25, 0.3) is 0 Å². The fourth-order valence-electron chi connectivity index (χ4n) is 2.52. The monoisotopic (exact) mass is 312 g/mol. The van der Waals surface area contributed by atoms with Crippen LogP contribution in [0, 0.1) is 6.07 Å². The van der Waals surface area contributed by atoms with E-state index in [0.717, 1.165) is 43.2 Å². The van der Waals surface area contributed by atoms with E-state index in [1.165, 1.54) is 0 Å². The fraction of sp³-hybridized carbons (Fsp3) is 0.294. The number of rotatable bonds is 5. The van der Waals surface area contributed by atoms with E-state index in [2.05, 4.69) is 20.9 Å². The van der Waals surface area contributed by atoms with Crippen LogP contribution in [0.15, 0.2) is 53.6 Å². The second-order valence-electron chi connectivity index (χ2n) is 5.09. The Morgan fingerprint density at radius 2 is 1.91 bits per heavy atom. The van der Waals surface area contributed by atoms with Gasteiger partial charge in [-0.2, -0.15) is 0 Å². The third-order valence-electron chi connectivity index (χ3n) is 3.71. The van der Waals surface area contributed by atoms with E-state index in [1.54, 1.807) is 11.8 Å². The molecule has 113 valence electrons. The van der Waals surface area contributed by atoms with Crippen molar-refractivity contribution < 1.29 is 4.79 Å². The maximum absolute atomic E-state index is 11.5. The predicted octanol–water partition coefficient (Wildman–Crippen LogP) is 2.32. The minimum atomic E-state index is -0.131. The first-order valence-electron chi connectivity index (χ1n) is 7.35. The topological polar surface area (TPSA) is 36.4 Å². The summed E-state index contributed by atoms with van der Waals surface area (Å²) < 4.78 is 0. The van der Waals surface area contributed by atoms with Gasteiger partial charge in [0.05, 0.1) is 0 Å². The molecule has 1 aromatic heterocycles. The van der Waals surface area contributed by atoms with Crippen LogP contribution in [0.25, 0.3) is 0 Å². The number of benzene rings is 1. The van der Waals surface area contributed by atoms with E-state index in [1.807, 2.05) is 48.7 Å². The molecule has 1 aliphatic heterocycles. The molecule has 0 amide bonds. The summed E-state index contributed by atoms with van der Waals surface area (Å²) in [6, 6.07) is 16.7. The Morgan fingerprint density at radius 1 is 1.14 bits per heavy atom. The lowest BCUT2D eigenvalue weighted by molar-refractivity contribution is -0.109. The standard InChI is InChI=1S/C17H18N3OS/c21-14-17(22-15-6-2-1-3-7-15)20-12-10-19(11-13-20)16-8-4-5-9-18-16/h2-9,14,17H,10-13H2. The van der Waals surface area contributed by atoms with Gasteiger partial charge in [0.15, 0.2) is 0 Å². The number of hydrogen-bond donors (Lipinski definition) is 0. The molecule has 1 unspecified atom stereocenters. The normalized spacial score (nSPS) is 17.2. The highest BCUT2D eigenvalue weighted by Crippen LogP contribution is 2.25. The number of carbonyl (C=O) groups excluding carboxylic acids is 1. The third kappa shape index (κ3) is 3.67. The zero-order valence-corrected chi connectivity index (χ0v) is 13.1. The number of aromatic nitrogens is 1. The van der Waals surface area contributed by atoms with Gasteiger partial charge in [0.2, 0.25) is 0 Å². The molecule has 1 fully saturated rings. The lowest BCUT2D eigenvalue weighted by atomic mass is 10.3. The van der Waals surface area contributed by atoms with Crippen molar-refractivity contribution in [3.8, 4) is 0 Å². The lowest BCUT2D eigenvalue weighted by Crippen LogP contribution is -2.50. The van der Waals surface area contributed by atoms with E-state index < -0.39 is 0 Å². The van der Waals surface area contributed by atoms with Crippen molar-refractivity contribution in [3.05, 3.63) is 54.7 Å². The van der Waals surface area contributed by atoms with Gasteiger partial charge in [-0.1, -0.05) is 30.0 Å². The number of nitrogens with zero attached hydrogens (tertiary/aromatic N) is 3. The first-order chi connectivity index (χ1) is 10.9. The Kier molecular flexibility index (Phi) is 5.08. The fourth-order valence-corrected chi connectivity index (χ4v) is 3.51. The Hall–Kier alpha value is -1.85. The van der Waals surface area contributed by atoms with Crippen LogP contribution in [0.4, 0.5) is 5.82 Å². The quantitative estimate of drug-likeness (QED) is 0.625. The molecule has 0 saturated carbocycles. The first-order valence-corrected chi connectivity index (χ1v) is 8.23. The molecule has 0 N–H and O–H groups in total. The van der Waals surface area contributed by atoms with Gasteiger partial charge in [-0.05, 0) is 30.3 Å². The van der Waals surface area contributed by atoms with Gasteiger partial charge in [0, 0.05) is 37.3 Å². The van der Waals surface area contributed by atoms with Crippen molar-refractivity contribution in [1.82, 2.24) is 9.88 Å². The van der Waals surface area contributed by atoms with E-state index in [0.29, 0.717) is 0 Å². The maximum Gasteiger partial charge on any atom is 0.147 e. The van der Waals surface area contributed by atoms with Crippen molar-refractivity contribution in [2.24, 2.45) is 0 Å². The molecule has 0 spiro atoms. The molecular weight excluding hydrogens is 294 g/mol. The Bertz CT molecular complexity index is 585. The number of anilines is 1. The Morgan fingerprint density at radius 3 is 2.55 bits per heavy atom. The van der Waals surface area contributed by atoms with Gasteiger partial charge in [-0.3, -0.25) is 4.90 Å². The highest BCUT2D eigenvalue weighted by molar-refractivity contribution is 8.00. The molecule has 3 rings (SSSR count). The highest BCUT2D eigenvalue weighted by Gasteiger charge is 2.24. The zero-order chi connectivity index (χ0) is 15.2. The average molecular weight is 312 g/mol. The van der Waals surface area contributed by atoms with Gasteiger partial charge < -0.3 is 9.69 Å². The van der Waals surface area contributed by atoms with Crippen LogP contribution in [-0.4, -0.2) is 47.7 Å². The summed E-state index contributed by atoms with van der Waals surface area (Å²) in [5.41, 5.74) is 0. The van der Waals surface area contributed by atoms with Crippen LogP contribution in [0.1, 0.15) is 0 Å². The molecule has 0 aliphatic carbocycles. The maximum atomic E-state index is 11.5. The summed E-state index contributed by atoms with van der Waals surface area (Å²) >= 11 is 1.60. The van der Waals surface area contributed by atoms with Crippen LogP contribution in [0.5, 0.6) is 0 Å². The molecule has 5 heteroatoms. The second kappa shape index (κ2) is 7.42. The van der Waals surface area contributed by atoms with Crippen molar-refractivity contribution in [2.75, 3.05) is 31.1 Å². The van der Waals surface area contributed by atoms with E-state index in [-0.39, 0.29) is 5.37 Å². The molecule has 0 bridgehead atoms. The first kappa shape index (κ1) is 15.1. The average Bonchev–Trinajstić information content (AvgIpc) is 2.61. The van der Waals surface area contributed by atoms with Crippen molar-refractivity contribution in [1.29, 1.82) is 0 Å². The molecule has 1 atom stereocenters. The zero-order valence-electron chi connectivity index (χ0n) is 12.3. The molecule has 4 nitrogen and oxygen atoms in total. The predicted molar refractivity (Wildman–Crippen MR) is 89.0 cm³/mol. The van der Waals surface area contributed by atoms with E-state index in [4.69, 9.17) is 0 Å². The summed E-state index contributed by atoms with van der Waals surface area (Å²) in [7, 11) is 0.